The largest absolute Gasteiger partial charge is 2.00 e. The van der Waals surface area contributed by atoms with Crippen LogP contribution in [0.15, 0.2) is 24.3 Å². The van der Waals surface area contributed by atoms with E-state index in [4.69, 9.17) is 11.2 Å². The van der Waals surface area contributed by atoms with Crippen LogP contribution in [0, 0.1) is 12.3 Å². The molecule has 0 aliphatic heterocycles. The quantitative estimate of drug-likeness (QED) is 0.319. The number of methoxy groups -OCH3 is 1. The van der Waals surface area contributed by atoms with Gasteiger partial charge in [-0.2, -0.15) is 0 Å². The van der Waals surface area contributed by atoms with E-state index in [1.165, 1.54) is 0 Å². The molecule has 1 nitrogen and oxygen atoms in total. The predicted octanol–water partition coefficient (Wildman–Crippen LogP) is -1.74. The van der Waals surface area contributed by atoms with Crippen molar-refractivity contribution in [3.8, 4) is 11.7 Å². The molecule has 0 aromatic heterocycles. The number of ether oxygens (including phenoxy) is 1. The summed E-state index contributed by atoms with van der Waals surface area (Å²) in [6, 6.07) is 7.17. The summed E-state index contributed by atoms with van der Waals surface area (Å²) in [4.78, 5) is 0. The van der Waals surface area contributed by atoms with Gasteiger partial charge in [0.15, 0.2) is 0 Å². The van der Waals surface area contributed by atoms with E-state index in [0.29, 0.717) is 0 Å². The average Bonchev–Trinajstić information content (AvgIpc) is 2.05. The van der Waals surface area contributed by atoms with Crippen molar-refractivity contribution in [3.63, 3.8) is 0 Å². The fourth-order valence-corrected chi connectivity index (χ4v) is 0.674. The molecule has 1 aromatic rings. The van der Waals surface area contributed by atoms with Crippen LogP contribution in [0.2, 0.25) is 0 Å². The van der Waals surface area contributed by atoms with E-state index in [2.05, 4.69) is 5.92 Å². The van der Waals surface area contributed by atoms with Gasteiger partial charge in [-0.3, -0.25) is 5.92 Å². The summed E-state index contributed by atoms with van der Waals surface area (Å²) in [6.45, 7) is 0. The molecule has 58 valence electrons. The zero-order valence-corrected chi connectivity index (χ0v) is 9.80. The van der Waals surface area contributed by atoms with Crippen LogP contribution < -0.4 is 21.7 Å². The van der Waals surface area contributed by atoms with Gasteiger partial charge < -0.3 is 28.1 Å². The fraction of sp³-hybridized carbons (Fsp3) is 0.111. The smallest absolute Gasteiger partial charge is 1.00 e. The Kier molecular flexibility index (Phi) is 8.94. The molecule has 0 bridgehead atoms. The van der Waals surface area contributed by atoms with Gasteiger partial charge in [-0.05, 0) is 12.1 Å². The van der Waals surface area contributed by atoms with E-state index in [9.17, 15) is 0 Å². The molecule has 0 amide bonds. The zero-order valence-electron chi connectivity index (χ0n) is 6.80. The molecule has 0 heterocycles. The summed E-state index contributed by atoms with van der Waals surface area (Å²) >= 11 is 0. The minimum absolute atomic E-state index is 0. The summed E-state index contributed by atoms with van der Waals surface area (Å²) in [5.41, 5.74) is 0.765. The molecule has 0 fully saturated rings. The van der Waals surface area contributed by atoms with Crippen LogP contribution in [0.25, 0.3) is 0 Å². The van der Waals surface area contributed by atoms with Gasteiger partial charge in [0.2, 0.25) is 0 Å². The molecule has 0 saturated carbocycles. The average molecular weight is 235 g/mol. The van der Waals surface area contributed by atoms with Crippen LogP contribution in [0.4, 0.5) is 0 Å². The van der Waals surface area contributed by atoms with Crippen molar-refractivity contribution in [1.29, 1.82) is 0 Å². The third kappa shape index (κ3) is 4.00. The minimum atomic E-state index is 0. The van der Waals surface area contributed by atoms with E-state index in [0.717, 1.165) is 11.3 Å². The standard InChI is InChI=1S/C9H7O.BrH.Mg/c1-3-8-4-6-9(10-2)7-5-8;;/h4-7H,2H3;1H;/q-1;;+2/p-1. The Morgan fingerprint density at radius 2 is 1.75 bits per heavy atom. The van der Waals surface area contributed by atoms with E-state index >= 15 is 0 Å². The molecule has 0 N–H and O–H groups in total. The first-order valence-electron chi connectivity index (χ1n) is 2.93. The van der Waals surface area contributed by atoms with Crippen molar-refractivity contribution >= 4 is 23.1 Å². The molecule has 0 aliphatic carbocycles. The molecule has 1 rings (SSSR count). The number of hydrogen-bond donors (Lipinski definition) is 0. The summed E-state index contributed by atoms with van der Waals surface area (Å²) in [5, 5.41) is 0. The van der Waals surface area contributed by atoms with Gasteiger partial charge >= 0.3 is 23.1 Å². The normalized spacial score (nSPS) is 7.00. The van der Waals surface area contributed by atoms with Gasteiger partial charge in [0.25, 0.3) is 0 Å². The Hall–Kier alpha value is -0.174. The van der Waals surface area contributed by atoms with E-state index < -0.39 is 0 Å². The Morgan fingerprint density at radius 3 is 2.08 bits per heavy atom. The third-order valence-corrected chi connectivity index (χ3v) is 1.23. The van der Waals surface area contributed by atoms with Gasteiger partial charge in [-0.25, -0.2) is 0 Å². The van der Waals surface area contributed by atoms with E-state index in [-0.39, 0.29) is 40.0 Å². The first-order valence-corrected chi connectivity index (χ1v) is 2.93. The Labute approximate surface area is 99.4 Å². The van der Waals surface area contributed by atoms with Crippen LogP contribution in [0.5, 0.6) is 5.75 Å². The summed E-state index contributed by atoms with van der Waals surface area (Å²) < 4.78 is 4.92. The monoisotopic (exact) mass is 234 g/mol. The maximum absolute atomic E-state index is 6.78. The van der Waals surface area contributed by atoms with Crippen LogP contribution >= 0.6 is 0 Å². The van der Waals surface area contributed by atoms with Crippen molar-refractivity contribution in [2.24, 2.45) is 0 Å². The Morgan fingerprint density at radius 1 is 1.25 bits per heavy atom. The second kappa shape index (κ2) is 7.47. The number of rotatable bonds is 1. The van der Waals surface area contributed by atoms with Crippen molar-refractivity contribution in [2.75, 3.05) is 7.11 Å². The van der Waals surface area contributed by atoms with Gasteiger partial charge in [-0.15, -0.1) is 17.7 Å². The first kappa shape index (κ1) is 14.4. The van der Waals surface area contributed by atoms with E-state index in [1.807, 2.05) is 0 Å². The minimum Gasteiger partial charge on any atom is -1.00 e. The zero-order chi connectivity index (χ0) is 7.40. The summed E-state index contributed by atoms with van der Waals surface area (Å²) in [5.74, 6) is 3.08. The molecule has 1 aromatic carbocycles. The molecule has 0 unspecified atom stereocenters. The molecule has 3 heteroatoms. The predicted molar refractivity (Wildman–Crippen MR) is 45.0 cm³/mol. The number of benzene rings is 1. The van der Waals surface area contributed by atoms with Gasteiger partial charge in [0.1, 0.15) is 5.75 Å². The first-order chi connectivity index (χ1) is 4.86. The molecule has 0 radical (unpaired) electrons. The number of hydrogen-bond acceptors (Lipinski definition) is 1. The summed E-state index contributed by atoms with van der Waals surface area (Å²) in [7, 11) is 1.61. The fourth-order valence-electron chi connectivity index (χ4n) is 0.674. The van der Waals surface area contributed by atoms with Crippen molar-refractivity contribution in [2.45, 2.75) is 0 Å². The molecule has 0 spiro atoms. The second-order valence-electron chi connectivity index (χ2n) is 1.85. The van der Waals surface area contributed by atoms with Crippen LogP contribution in [0.3, 0.4) is 0 Å². The van der Waals surface area contributed by atoms with Gasteiger partial charge in [-0.1, -0.05) is 0 Å². The summed E-state index contributed by atoms with van der Waals surface area (Å²) in [6.07, 6.45) is 6.78. The van der Waals surface area contributed by atoms with Gasteiger partial charge in [0, 0.05) is 0 Å². The van der Waals surface area contributed by atoms with Gasteiger partial charge in [0.05, 0.1) is 7.11 Å². The maximum atomic E-state index is 6.78. The Bertz CT molecular complexity index is 250. The molecular formula is C9H7BrMgO. The number of halogens is 1. The Balaban J connectivity index is 0. The van der Waals surface area contributed by atoms with Crippen LogP contribution in [-0.2, 0) is 0 Å². The van der Waals surface area contributed by atoms with E-state index in [1.54, 1.807) is 31.4 Å². The maximum Gasteiger partial charge on any atom is 2.00 e. The third-order valence-electron chi connectivity index (χ3n) is 1.23. The topological polar surface area (TPSA) is 9.23 Å². The van der Waals surface area contributed by atoms with Crippen LogP contribution in [-0.4, -0.2) is 30.2 Å². The second-order valence-corrected chi connectivity index (χ2v) is 1.85. The van der Waals surface area contributed by atoms with Crippen molar-refractivity contribution in [1.82, 2.24) is 0 Å². The van der Waals surface area contributed by atoms with Crippen molar-refractivity contribution in [3.05, 3.63) is 36.3 Å². The van der Waals surface area contributed by atoms with Crippen molar-refractivity contribution < 1.29 is 21.7 Å². The molecular weight excluding hydrogens is 228 g/mol. The van der Waals surface area contributed by atoms with Crippen LogP contribution in [0.1, 0.15) is 5.56 Å². The SMILES string of the molecule is [Br-].[C-]#Cc1ccc(OC)cc1.[Mg+2]. The molecule has 12 heavy (non-hydrogen) atoms. The molecule has 0 atom stereocenters. The molecule has 0 aliphatic rings. The molecule has 0 saturated heterocycles.